The fraction of sp³-hybridized carbons (Fsp3) is 0.833. The monoisotopic (exact) mass is 446 g/mol. The number of hydrogen-bond acceptors (Lipinski definition) is 6. The van der Waals surface area contributed by atoms with Crippen LogP contribution in [-0.4, -0.2) is 48.6 Å². The fourth-order valence-corrected chi connectivity index (χ4v) is 4.45. The third kappa shape index (κ3) is 3.31. The van der Waals surface area contributed by atoms with Crippen LogP contribution < -0.4 is 0 Å². The summed E-state index contributed by atoms with van der Waals surface area (Å²) in [6.45, 7) is 4.93. The molecule has 0 N–H and O–H groups in total. The van der Waals surface area contributed by atoms with Crippen molar-refractivity contribution in [2.75, 3.05) is 0 Å². The van der Waals surface area contributed by atoms with E-state index in [2.05, 4.69) is 4.74 Å². The van der Waals surface area contributed by atoms with Crippen molar-refractivity contribution < 1.29 is 54.9 Å². The highest BCUT2D eigenvalue weighted by molar-refractivity contribution is 6.03. The van der Waals surface area contributed by atoms with Crippen molar-refractivity contribution in [3.05, 3.63) is 0 Å². The first-order valence-corrected chi connectivity index (χ1v) is 9.32. The van der Waals surface area contributed by atoms with Crippen LogP contribution in [-0.2, 0) is 28.6 Å². The lowest BCUT2D eigenvalue weighted by Crippen LogP contribution is -2.51. The minimum absolute atomic E-state index is 0.192. The van der Waals surface area contributed by atoms with Crippen molar-refractivity contribution >= 4 is 17.9 Å². The molecular weight excluding hydrogens is 426 g/mol. The zero-order valence-electron chi connectivity index (χ0n) is 16.2. The minimum Gasteiger partial charge on any atom is -0.461 e. The summed E-state index contributed by atoms with van der Waals surface area (Å²) in [5.74, 6) is -5.67. The number of esters is 3. The second-order valence-corrected chi connectivity index (χ2v) is 8.62. The molecule has 170 valence electrons. The van der Waals surface area contributed by atoms with Gasteiger partial charge in [-0.2, -0.15) is 26.3 Å². The van der Waals surface area contributed by atoms with Crippen LogP contribution in [0, 0.1) is 22.7 Å². The van der Waals surface area contributed by atoms with E-state index in [-0.39, 0.29) is 6.42 Å². The van der Waals surface area contributed by atoms with E-state index in [1.165, 1.54) is 0 Å². The van der Waals surface area contributed by atoms with Gasteiger partial charge in [0.05, 0.1) is 11.3 Å². The number of hydrogen-bond donors (Lipinski definition) is 0. The molecule has 12 heteroatoms. The van der Waals surface area contributed by atoms with Crippen molar-refractivity contribution in [1.82, 2.24) is 0 Å². The summed E-state index contributed by atoms with van der Waals surface area (Å²) in [5.41, 5.74) is -3.26. The Kier molecular flexibility index (Phi) is 5.10. The molecule has 3 rings (SSSR count). The van der Waals surface area contributed by atoms with E-state index in [1.807, 2.05) is 0 Å². The van der Waals surface area contributed by atoms with Gasteiger partial charge in [0, 0.05) is 5.92 Å². The van der Waals surface area contributed by atoms with Gasteiger partial charge in [0.1, 0.15) is 12.2 Å². The average Bonchev–Trinajstić information content (AvgIpc) is 3.14. The second-order valence-electron chi connectivity index (χ2n) is 8.62. The molecule has 3 fully saturated rings. The van der Waals surface area contributed by atoms with E-state index < -0.39 is 77.7 Å². The molecule has 0 amide bonds. The molecule has 0 spiro atoms. The third-order valence-corrected chi connectivity index (χ3v) is 6.39. The van der Waals surface area contributed by atoms with E-state index in [4.69, 9.17) is 9.47 Å². The van der Waals surface area contributed by atoms with Gasteiger partial charge in [-0.1, -0.05) is 6.92 Å². The lowest BCUT2D eigenvalue weighted by Gasteiger charge is -2.30. The predicted molar refractivity (Wildman–Crippen MR) is 84.5 cm³/mol. The molecule has 1 saturated heterocycles. The zero-order valence-corrected chi connectivity index (χ0v) is 16.2. The number of ether oxygens (including phenoxy) is 3. The molecule has 3 aliphatic rings. The maximum Gasteiger partial charge on any atom is 0.434 e. The molecule has 0 aromatic carbocycles. The number of carbonyl (C=O) groups excluding carboxylic acids is 3. The van der Waals surface area contributed by atoms with Crippen molar-refractivity contribution in [3.8, 4) is 0 Å². The van der Waals surface area contributed by atoms with Gasteiger partial charge >= 0.3 is 30.3 Å². The molecule has 1 aliphatic heterocycles. The Morgan fingerprint density at radius 1 is 1.17 bits per heavy atom. The molecule has 1 heterocycles. The van der Waals surface area contributed by atoms with Crippen molar-refractivity contribution in [2.45, 2.75) is 70.7 Å². The minimum atomic E-state index is -5.92. The van der Waals surface area contributed by atoms with E-state index in [0.29, 0.717) is 6.42 Å². The molecule has 0 aromatic rings. The third-order valence-electron chi connectivity index (χ3n) is 6.39. The summed E-state index contributed by atoms with van der Waals surface area (Å²) >= 11 is 0. The molecule has 6 nitrogen and oxygen atoms in total. The zero-order chi connectivity index (χ0) is 22.9. The number of halogens is 6. The van der Waals surface area contributed by atoms with Crippen molar-refractivity contribution in [2.24, 2.45) is 22.7 Å². The normalized spacial score (nSPS) is 33.1. The Labute approximate surface area is 167 Å². The Balaban J connectivity index is 1.89. The number of fused-ring (bicyclic) bond motifs is 1. The summed E-state index contributed by atoms with van der Waals surface area (Å²) in [7, 11) is 0. The number of alkyl halides is 6. The van der Waals surface area contributed by atoms with Crippen LogP contribution in [0.15, 0.2) is 0 Å². The molecule has 5 unspecified atom stereocenters. The standard InChI is InChI=1S/C18H20F6O6/c1-4-15(2,3)12(25)29-10-7-5-8-9(10)16(6-7,13(26)28-8)14(27)30-11(17(19,20)21)18(22,23)24/h7-11H,4-6H2,1-3H3. The predicted octanol–water partition coefficient (Wildman–Crippen LogP) is 3.32. The fourth-order valence-electron chi connectivity index (χ4n) is 4.45. The van der Waals surface area contributed by atoms with Gasteiger partial charge in [-0.25, -0.2) is 0 Å². The van der Waals surface area contributed by atoms with E-state index in [9.17, 15) is 40.7 Å². The Morgan fingerprint density at radius 3 is 2.23 bits per heavy atom. The molecule has 0 aromatic heterocycles. The number of rotatable bonds is 5. The molecular formula is C18H20F6O6. The first-order valence-electron chi connectivity index (χ1n) is 9.32. The Bertz CT molecular complexity index is 745. The van der Waals surface area contributed by atoms with E-state index in [1.54, 1.807) is 20.8 Å². The Hall–Kier alpha value is -2.01. The van der Waals surface area contributed by atoms with Gasteiger partial charge in [0.2, 0.25) is 0 Å². The van der Waals surface area contributed by atoms with Crippen molar-refractivity contribution in [1.29, 1.82) is 0 Å². The quantitative estimate of drug-likeness (QED) is 0.279. The van der Waals surface area contributed by atoms with Gasteiger partial charge in [-0.3, -0.25) is 14.4 Å². The highest BCUT2D eigenvalue weighted by Crippen LogP contribution is 2.63. The lowest BCUT2D eigenvalue weighted by atomic mass is 9.74. The highest BCUT2D eigenvalue weighted by atomic mass is 19.4. The highest BCUT2D eigenvalue weighted by Gasteiger charge is 2.77. The van der Waals surface area contributed by atoms with Gasteiger partial charge in [0.15, 0.2) is 5.41 Å². The van der Waals surface area contributed by atoms with Gasteiger partial charge in [0.25, 0.3) is 6.10 Å². The second kappa shape index (κ2) is 6.74. The van der Waals surface area contributed by atoms with Gasteiger partial charge in [-0.05, 0) is 33.1 Å². The maximum atomic E-state index is 12.8. The largest absolute Gasteiger partial charge is 0.461 e. The van der Waals surface area contributed by atoms with Crippen LogP contribution in [0.3, 0.4) is 0 Å². The van der Waals surface area contributed by atoms with Gasteiger partial charge in [-0.15, -0.1) is 0 Å². The van der Waals surface area contributed by atoms with E-state index >= 15 is 0 Å². The van der Waals surface area contributed by atoms with Crippen LogP contribution in [0.4, 0.5) is 26.3 Å². The van der Waals surface area contributed by atoms with Crippen LogP contribution in [0.1, 0.15) is 40.0 Å². The summed E-state index contributed by atoms with van der Waals surface area (Å²) in [6, 6.07) is 0. The average molecular weight is 446 g/mol. The van der Waals surface area contributed by atoms with Crippen molar-refractivity contribution in [3.63, 3.8) is 0 Å². The number of carbonyl (C=O) groups is 3. The molecule has 30 heavy (non-hydrogen) atoms. The first kappa shape index (κ1) is 22.7. The maximum absolute atomic E-state index is 12.8. The van der Waals surface area contributed by atoms with Crippen LogP contribution in [0.5, 0.6) is 0 Å². The molecule has 2 saturated carbocycles. The summed E-state index contributed by atoms with van der Waals surface area (Å²) < 4.78 is 91.3. The topological polar surface area (TPSA) is 78.9 Å². The van der Waals surface area contributed by atoms with Crippen LogP contribution in [0.2, 0.25) is 0 Å². The molecule has 0 radical (unpaired) electrons. The first-order chi connectivity index (χ1) is 13.6. The van der Waals surface area contributed by atoms with Crippen LogP contribution in [0.25, 0.3) is 0 Å². The summed E-state index contributed by atoms with van der Waals surface area (Å²) in [5, 5.41) is 0. The lowest BCUT2D eigenvalue weighted by molar-refractivity contribution is -0.315. The Morgan fingerprint density at radius 2 is 1.73 bits per heavy atom. The smallest absolute Gasteiger partial charge is 0.434 e. The molecule has 2 bridgehead atoms. The van der Waals surface area contributed by atoms with E-state index in [0.717, 1.165) is 0 Å². The molecule has 2 aliphatic carbocycles. The van der Waals surface area contributed by atoms with Crippen LogP contribution >= 0.6 is 0 Å². The molecule has 5 atom stereocenters. The SMILES string of the molecule is CCC(C)(C)C(=O)OC1C2CC3OC(=O)C(C(=O)OC(C(F)(F)F)C(F)(F)F)(C2)C31. The van der Waals surface area contributed by atoms with Gasteiger partial charge < -0.3 is 14.2 Å². The summed E-state index contributed by atoms with van der Waals surface area (Å²) in [4.78, 5) is 37.4. The summed E-state index contributed by atoms with van der Waals surface area (Å²) in [6.07, 6.45) is -18.0.